The first kappa shape index (κ1) is 24.4. The number of hydrogen-bond donors (Lipinski definition) is 1. The van der Waals surface area contributed by atoms with E-state index >= 15 is 0 Å². The molecule has 0 atom stereocenters. The summed E-state index contributed by atoms with van der Waals surface area (Å²) in [5, 5.41) is 2.95. The first-order valence-corrected chi connectivity index (χ1v) is 13.1. The molecule has 2 saturated heterocycles. The lowest BCUT2D eigenvalue weighted by molar-refractivity contribution is -0.127. The third-order valence-electron chi connectivity index (χ3n) is 6.31. The van der Waals surface area contributed by atoms with E-state index in [2.05, 4.69) is 5.32 Å². The van der Waals surface area contributed by atoms with Crippen LogP contribution < -0.4 is 10.7 Å². The second-order valence-electron chi connectivity index (χ2n) is 8.45. The van der Waals surface area contributed by atoms with Crippen molar-refractivity contribution in [1.29, 1.82) is 0 Å². The van der Waals surface area contributed by atoms with Gasteiger partial charge in [-0.25, -0.2) is 8.42 Å². The first-order chi connectivity index (χ1) is 16.3. The molecule has 11 heteroatoms. The van der Waals surface area contributed by atoms with Gasteiger partial charge in [-0.3, -0.25) is 14.4 Å². The van der Waals surface area contributed by atoms with Crippen molar-refractivity contribution in [3.63, 3.8) is 0 Å². The van der Waals surface area contributed by atoms with Crippen LogP contribution in [0.2, 0.25) is 0 Å². The van der Waals surface area contributed by atoms with Crippen LogP contribution in [0.3, 0.4) is 0 Å². The van der Waals surface area contributed by atoms with Gasteiger partial charge in [-0.1, -0.05) is 0 Å². The van der Waals surface area contributed by atoms with E-state index < -0.39 is 21.4 Å². The van der Waals surface area contributed by atoms with Crippen LogP contribution in [0.25, 0.3) is 10.9 Å². The normalized spacial score (nSPS) is 17.4. The SMILES string of the molecule is CCn1cc(C(=O)NCCCN2CCCC2=O)c(=O)c2cc(S(=O)(=O)N3CCOCC3)ccc21. The molecule has 0 saturated carbocycles. The highest BCUT2D eigenvalue weighted by Gasteiger charge is 2.27. The molecule has 34 heavy (non-hydrogen) atoms. The topological polar surface area (TPSA) is 118 Å². The molecule has 0 unspecified atom stereocenters. The monoisotopic (exact) mass is 490 g/mol. The summed E-state index contributed by atoms with van der Waals surface area (Å²) >= 11 is 0. The molecule has 4 rings (SSSR count). The summed E-state index contributed by atoms with van der Waals surface area (Å²) in [6.45, 7) is 5.19. The third kappa shape index (κ3) is 4.86. The zero-order valence-corrected chi connectivity index (χ0v) is 20.1. The fraction of sp³-hybridized carbons (Fsp3) is 0.522. The maximum atomic E-state index is 13.2. The number of nitrogens with zero attached hydrogens (tertiary/aromatic N) is 3. The lowest BCUT2D eigenvalue weighted by Crippen LogP contribution is -2.40. The van der Waals surface area contributed by atoms with E-state index in [1.165, 1.54) is 22.6 Å². The number of hydrogen-bond acceptors (Lipinski definition) is 6. The van der Waals surface area contributed by atoms with E-state index in [4.69, 9.17) is 4.74 Å². The summed E-state index contributed by atoms with van der Waals surface area (Å²) in [5.74, 6) is -0.377. The van der Waals surface area contributed by atoms with Crippen molar-refractivity contribution in [2.24, 2.45) is 0 Å². The molecule has 0 spiro atoms. The standard InChI is InChI=1S/C23H30N4O6S/c1-2-25-16-19(23(30)24-8-4-10-26-9-3-5-21(26)28)22(29)18-15-17(6-7-20(18)25)34(31,32)27-11-13-33-14-12-27/h6-7,15-16H,2-5,8-14H2,1H3,(H,24,30). The van der Waals surface area contributed by atoms with Crippen molar-refractivity contribution in [1.82, 2.24) is 19.1 Å². The quantitative estimate of drug-likeness (QED) is 0.547. The Balaban J connectivity index is 1.57. The molecule has 1 aromatic heterocycles. The van der Waals surface area contributed by atoms with Crippen molar-refractivity contribution < 1.29 is 22.7 Å². The van der Waals surface area contributed by atoms with Gasteiger partial charge < -0.3 is 19.5 Å². The van der Waals surface area contributed by atoms with Gasteiger partial charge in [-0.2, -0.15) is 4.31 Å². The molecule has 2 aromatic rings. The number of morpholine rings is 1. The number of ether oxygens (including phenoxy) is 1. The fourth-order valence-corrected chi connectivity index (χ4v) is 5.84. The first-order valence-electron chi connectivity index (χ1n) is 11.6. The number of pyridine rings is 1. The van der Waals surface area contributed by atoms with E-state index in [1.807, 2.05) is 6.92 Å². The van der Waals surface area contributed by atoms with Crippen LogP contribution in [0, 0.1) is 0 Å². The predicted octanol–water partition coefficient (Wildman–Crippen LogP) is 0.785. The van der Waals surface area contributed by atoms with Crippen LogP contribution in [-0.4, -0.2) is 79.9 Å². The van der Waals surface area contributed by atoms with Crippen LogP contribution in [0.4, 0.5) is 0 Å². The van der Waals surface area contributed by atoms with Crippen LogP contribution in [0.5, 0.6) is 0 Å². The number of aryl methyl sites for hydroxylation is 1. The highest BCUT2D eigenvalue weighted by atomic mass is 32.2. The number of likely N-dealkylation sites (tertiary alicyclic amines) is 1. The minimum atomic E-state index is -3.78. The number of rotatable bonds is 8. The van der Waals surface area contributed by atoms with Crippen LogP contribution in [0.1, 0.15) is 36.5 Å². The van der Waals surface area contributed by atoms with Gasteiger partial charge in [0, 0.05) is 57.3 Å². The highest BCUT2D eigenvalue weighted by molar-refractivity contribution is 7.89. The lowest BCUT2D eigenvalue weighted by Gasteiger charge is -2.26. The molecule has 2 aliphatic heterocycles. The van der Waals surface area contributed by atoms with E-state index in [0.717, 1.165) is 13.0 Å². The molecule has 2 amide bonds. The third-order valence-corrected chi connectivity index (χ3v) is 8.20. The molecule has 10 nitrogen and oxygen atoms in total. The maximum Gasteiger partial charge on any atom is 0.256 e. The summed E-state index contributed by atoms with van der Waals surface area (Å²) in [7, 11) is -3.78. The van der Waals surface area contributed by atoms with E-state index in [9.17, 15) is 22.8 Å². The molecule has 1 N–H and O–H groups in total. The van der Waals surface area contributed by atoms with Crippen LogP contribution in [-0.2, 0) is 26.1 Å². The van der Waals surface area contributed by atoms with Crippen molar-refractivity contribution in [2.75, 3.05) is 45.9 Å². The van der Waals surface area contributed by atoms with Crippen molar-refractivity contribution in [3.05, 3.63) is 40.2 Å². The Labute approximate surface area is 198 Å². The number of amides is 2. The molecular weight excluding hydrogens is 460 g/mol. The Morgan fingerprint density at radius 1 is 1.15 bits per heavy atom. The Hall–Kier alpha value is -2.76. The molecule has 0 radical (unpaired) electrons. The van der Waals surface area contributed by atoms with E-state index in [0.29, 0.717) is 51.2 Å². The maximum absolute atomic E-state index is 13.2. The number of fused-ring (bicyclic) bond motifs is 1. The molecule has 2 fully saturated rings. The van der Waals surface area contributed by atoms with Gasteiger partial charge in [0.05, 0.1) is 23.6 Å². The number of benzene rings is 1. The zero-order valence-electron chi connectivity index (χ0n) is 19.3. The molecule has 1 aromatic carbocycles. The Bertz CT molecular complexity index is 1250. The number of carbonyl (C=O) groups excluding carboxylic acids is 2. The Kier molecular flexibility index (Phi) is 7.34. The summed E-state index contributed by atoms with van der Waals surface area (Å²) in [6.07, 6.45) is 3.54. The molecule has 184 valence electrons. The smallest absolute Gasteiger partial charge is 0.256 e. The van der Waals surface area contributed by atoms with Gasteiger partial charge in [-0.05, 0) is 38.0 Å². The van der Waals surface area contributed by atoms with Crippen molar-refractivity contribution in [2.45, 2.75) is 37.6 Å². The Morgan fingerprint density at radius 2 is 1.91 bits per heavy atom. The molecule has 2 aliphatic rings. The average Bonchev–Trinajstić information content (AvgIpc) is 3.26. The van der Waals surface area contributed by atoms with Crippen molar-refractivity contribution in [3.8, 4) is 0 Å². The van der Waals surface area contributed by atoms with Gasteiger partial charge in [0.15, 0.2) is 0 Å². The number of aromatic nitrogens is 1. The summed E-state index contributed by atoms with van der Waals surface area (Å²) in [5.41, 5.74) is 0.0241. The zero-order chi connectivity index (χ0) is 24.3. The minimum absolute atomic E-state index is 0.0227. The molecule has 0 aliphatic carbocycles. The minimum Gasteiger partial charge on any atom is -0.379 e. The molecular formula is C23H30N4O6S. The lowest BCUT2D eigenvalue weighted by atomic mass is 10.1. The van der Waals surface area contributed by atoms with Gasteiger partial charge in [0.2, 0.25) is 21.4 Å². The number of sulfonamides is 1. The van der Waals surface area contributed by atoms with E-state index in [-0.39, 0.29) is 34.8 Å². The van der Waals surface area contributed by atoms with Gasteiger partial charge in [0.25, 0.3) is 5.91 Å². The Morgan fingerprint density at radius 3 is 2.59 bits per heavy atom. The predicted molar refractivity (Wildman–Crippen MR) is 126 cm³/mol. The largest absolute Gasteiger partial charge is 0.379 e. The van der Waals surface area contributed by atoms with Crippen molar-refractivity contribution >= 4 is 32.7 Å². The van der Waals surface area contributed by atoms with Gasteiger partial charge in [0.1, 0.15) is 5.56 Å². The van der Waals surface area contributed by atoms with Crippen LogP contribution >= 0.6 is 0 Å². The second kappa shape index (κ2) is 10.2. The molecule has 3 heterocycles. The summed E-state index contributed by atoms with van der Waals surface area (Å²) < 4.78 is 34.5. The second-order valence-corrected chi connectivity index (χ2v) is 10.4. The number of nitrogens with one attached hydrogen (secondary N) is 1. The van der Waals surface area contributed by atoms with Crippen LogP contribution in [0.15, 0.2) is 34.1 Å². The summed E-state index contributed by atoms with van der Waals surface area (Å²) in [6, 6.07) is 4.48. The average molecular weight is 491 g/mol. The summed E-state index contributed by atoms with van der Waals surface area (Å²) in [4.78, 5) is 39.6. The van der Waals surface area contributed by atoms with E-state index in [1.54, 1.807) is 15.5 Å². The van der Waals surface area contributed by atoms with Gasteiger partial charge >= 0.3 is 0 Å². The molecule has 0 bridgehead atoms. The number of carbonyl (C=O) groups is 2. The highest BCUT2D eigenvalue weighted by Crippen LogP contribution is 2.22. The van der Waals surface area contributed by atoms with Gasteiger partial charge in [-0.15, -0.1) is 0 Å². The fourth-order valence-electron chi connectivity index (χ4n) is 4.40.